The lowest BCUT2D eigenvalue weighted by Crippen LogP contribution is -2.47. The Morgan fingerprint density at radius 3 is 2.62 bits per heavy atom. The van der Waals surface area contributed by atoms with E-state index in [1.54, 1.807) is 0 Å². The molecule has 1 heterocycles. The van der Waals surface area contributed by atoms with E-state index in [-0.39, 0.29) is 17.6 Å². The monoisotopic (exact) mass is 352 g/mol. The lowest BCUT2D eigenvalue weighted by molar-refractivity contribution is -0.124. The van der Waals surface area contributed by atoms with Gasteiger partial charge in [0.1, 0.15) is 6.04 Å². The van der Waals surface area contributed by atoms with E-state index in [1.165, 1.54) is 9.87 Å². The van der Waals surface area contributed by atoms with Crippen LogP contribution in [0.3, 0.4) is 0 Å². The molecule has 1 N–H and O–H groups in total. The van der Waals surface area contributed by atoms with E-state index in [4.69, 9.17) is 0 Å². The number of sulfonamides is 1. The van der Waals surface area contributed by atoms with Crippen LogP contribution in [0.4, 0.5) is 0 Å². The molecule has 1 aromatic rings. The Bertz CT molecular complexity index is 631. The van der Waals surface area contributed by atoms with Crippen molar-refractivity contribution in [2.24, 2.45) is 0 Å². The van der Waals surface area contributed by atoms with Crippen molar-refractivity contribution in [2.75, 3.05) is 18.8 Å². The maximum absolute atomic E-state index is 12.5. The second kappa shape index (κ2) is 8.62. The molecule has 5 nitrogen and oxygen atoms in total. The highest BCUT2D eigenvalue weighted by Crippen LogP contribution is 2.23. The zero-order valence-electron chi connectivity index (χ0n) is 14.6. The molecule has 0 saturated carbocycles. The number of rotatable bonds is 8. The van der Waals surface area contributed by atoms with Crippen molar-refractivity contribution in [1.82, 2.24) is 9.62 Å². The maximum Gasteiger partial charge on any atom is 0.238 e. The molecule has 2 rings (SSSR count). The van der Waals surface area contributed by atoms with Crippen molar-refractivity contribution in [2.45, 2.75) is 51.5 Å². The van der Waals surface area contributed by atoms with Crippen LogP contribution in [0.5, 0.6) is 0 Å². The number of amides is 1. The largest absolute Gasteiger partial charge is 0.354 e. The number of carbonyl (C=O) groups excluding carboxylic acids is 1. The van der Waals surface area contributed by atoms with Gasteiger partial charge in [-0.2, -0.15) is 4.31 Å². The summed E-state index contributed by atoms with van der Waals surface area (Å²) < 4.78 is 26.0. The molecular weight excluding hydrogens is 324 g/mol. The van der Waals surface area contributed by atoms with Gasteiger partial charge in [-0.1, -0.05) is 44.2 Å². The van der Waals surface area contributed by atoms with Crippen LogP contribution in [0.15, 0.2) is 30.3 Å². The van der Waals surface area contributed by atoms with Crippen molar-refractivity contribution < 1.29 is 13.2 Å². The van der Waals surface area contributed by atoms with E-state index >= 15 is 0 Å². The second-order valence-corrected chi connectivity index (χ2v) is 8.39. The summed E-state index contributed by atoms with van der Waals surface area (Å²) in [4.78, 5) is 12.5. The molecule has 1 saturated heterocycles. The lowest BCUT2D eigenvalue weighted by Gasteiger charge is -2.24. The number of nitrogens with one attached hydrogen (secondary N) is 1. The van der Waals surface area contributed by atoms with E-state index in [1.807, 2.05) is 25.1 Å². The van der Waals surface area contributed by atoms with Gasteiger partial charge < -0.3 is 5.32 Å². The Hall–Kier alpha value is -1.40. The molecule has 6 heteroatoms. The zero-order chi connectivity index (χ0) is 17.6. The normalized spacial score (nSPS) is 20.0. The van der Waals surface area contributed by atoms with Crippen molar-refractivity contribution in [3.63, 3.8) is 0 Å². The fourth-order valence-corrected chi connectivity index (χ4v) is 5.02. The standard InChI is InChI=1S/C18H28N2O3S/c1-3-13-24(22,23)20-12-8-11-17(20)18(21)19-14-15(4-2)16-9-6-5-7-10-16/h5-7,9-10,15,17H,3-4,8,11-14H2,1-2H3,(H,19,21). The van der Waals surface area contributed by atoms with Gasteiger partial charge in [-0.15, -0.1) is 0 Å². The highest BCUT2D eigenvalue weighted by molar-refractivity contribution is 7.89. The highest BCUT2D eigenvalue weighted by atomic mass is 32.2. The van der Waals surface area contributed by atoms with Gasteiger partial charge in [-0.25, -0.2) is 8.42 Å². The van der Waals surface area contributed by atoms with Crippen molar-refractivity contribution in [3.8, 4) is 0 Å². The third-order valence-corrected chi connectivity index (χ3v) is 6.69. The van der Waals surface area contributed by atoms with Crippen LogP contribution >= 0.6 is 0 Å². The molecule has 2 atom stereocenters. The first-order valence-corrected chi connectivity index (χ1v) is 10.4. The summed E-state index contributed by atoms with van der Waals surface area (Å²) >= 11 is 0. The zero-order valence-corrected chi connectivity index (χ0v) is 15.4. The van der Waals surface area contributed by atoms with Crippen LogP contribution < -0.4 is 5.32 Å². The van der Waals surface area contributed by atoms with Gasteiger partial charge in [0, 0.05) is 19.0 Å². The van der Waals surface area contributed by atoms with Crippen LogP contribution in [-0.2, 0) is 14.8 Å². The first-order chi connectivity index (χ1) is 11.5. The Balaban J connectivity index is 1.98. The highest BCUT2D eigenvalue weighted by Gasteiger charge is 2.38. The summed E-state index contributed by atoms with van der Waals surface area (Å²) in [6.45, 7) is 4.93. The Morgan fingerprint density at radius 2 is 2.00 bits per heavy atom. The van der Waals surface area contributed by atoms with Gasteiger partial charge in [0.05, 0.1) is 5.75 Å². The molecule has 24 heavy (non-hydrogen) atoms. The summed E-state index contributed by atoms with van der Waals surface area (Å²) in [6.07, 6.45) is 2.85. The van der Waals surface area contributed by atoms with Gasteiger partial charge in [-0.05, 0) is 31.2 Å². The third-order valence-electron chi connectivity index (χ3n) is 4.61. The minimum atomic E-state index is -3.33. The summed E-state index contributed by atoms with van der Waals surface area (Å²) in [5.41, 5.74) is 1.20. The molecule has 1 aliphatic heterocycles. The average molecular weight is 353 g/mol. The SMILES string of the molecule is CCCS(=O)(=O)N1CCCC1C(=O)NCC(CC)c1ccccc1. The average Bonchev–Trinajstić information content (AvgIpc) is 3.07. The predicted octanol–water partition coefficient (Wildman–Crippen LogP) is 2.50. The number of carbonyl (C=O) groups is 1. The maximum atomic E-state index is 12.5. The number of benzene rings is 1. The first kappa shape index (κ1) is 18.9. The molecule has 1 fully saturated rings. The smallest absolute Gasteiger partial charge is 0.238 e. The quantitative estimate of drug-likeness (QED) is 0.782. The molecule has 1 aliphatic rings. The minimum absolute atomic E-state index is 0.110. The molecule has 1 aromatic carbocycles. The summed E-state index contributed by atoms with van der Waals surface area (Å²) in [7, 11) is -3.33. The molecule has 1 amide bonds. The van der Waals surface area contributed by atoms with Crippen LogP contribution in [0, 0.1) is 0 Å². The third kappa shape index (κ3) is 4.57. The topological polar surface area (TPSA) is 66.5 Å². The van der Waals surface area contributed by atoms with Gasteiger partial charge in [-0.3, -0.25) is 4.79 Å². The molecule has 134 valence electrons. The summed E-state index contributed by atoms with van der Waals surface area (Å²) in [6, 6.07) is 9.55. The Kier molecular flexibility index (Phi) is 6.80. The lowest BCUT2D eigenvalue weighted by atomic mass is 9.96. The molecular formula is C18H28N2O3S. The van der Waals surface area contributed by atoms with Crippen LogP contribution in [0.2, 0.25) is 0 Å². The van der Waals surface area contributed by atoms with E-state index in [0.29, 0.717) is 25.9 Å². The second-order valence-electron chi connectivity index (χ2n) is 6.35. The van der Waals surface area contributed by atoms with Gasteiger partial charge in [0.15, 0.2) is 0 Å². The molecule has 0 bridgehead atoms. The fourth-order valence-electron chi connectivity index (χ4n) is 3.28. The van der Waals surface area contributed by atoms with Crippen LogP contribution in [0.25, 0.3) is 0 Å². The van der Waals surface area contributed by atoms with Crippen LogP contribution in [-0.4, -0.2) is 43.5 Å². The van der Waals surface area contributed by atoms with Crippen molar-refractivity contribution >= 4 is 15.9 Å². The fraction of sp³-hybridized carbons (Fsp3) is 0.611. The predicted molar refractivity (Wildman–Crippen MR) is 96.3 cm³/mol. The Morgan fingerprint density at radius 1 is 1.29 bits per heavy atom. The minimum Gasteiger partial charge on any atom is -0.354 e. The van der Waals surface area contributed by atoms with E-state index < -0.39 is 16.1 Å². The Labute approximate surface area is 145 Å². The van der Waals surface area contributed by atoms with Gasteiger partial charge >= 0.3 is 0 Å². The van der Waals surface area contributed by atoms with E-state index in [2.05, 4.69) is 24.4 Å². The number of nitrogens with zero attached hydrogens (tertiary/aromatic N) is 1. The van der Waals surface area contributed by atoms with Crippen LogP contribution in [0.1, 0.15) is 51.0 Å². The molecule has 0 spiro atoms. The molecule has 0 aliphatic carbocycles. The first-order valence-electron chi connectivity index (χ1n) is 8.81. The summed E-state index contributed by atoms with van der Waals surface area (Å²) in [5, 5.41) is 2.97. The van der Waals surface area contributed by atoms with Gasteiger partial charge in [0.25, 0.3) is 0 Å². The molecule has 0 radical (unpaired) electrons. The number of hydrogen-bond acceptors (Lipinski definition) is 3. The molecule has 2 unspecified atom stereocenters. The van der Waals surface area contributed by atoms with E-state index in [9.17, 15) is 13.2 Å². The van der Waals surface area contributed by atoms with Crippen molar-refractivity contribution in [3.05, 3.63) is 35.9 Å². The van der Waals surface area contributed by atoms with Gasteiger partial charge in [0.2, 0.25) is 15.9 Å². The van der Waals surface area contributed by atoms with Crippen molar-refractivity contribution in [1.29, 1.82) is 0 Å². The summed E-state index contributed by atoms with van der Waals surface area (Å²) in [5.74, 6) is 0.192. The molecule has 0 aromatic heterocycles. The van der Waals surface area contributed by atoms with E-state index in [0.717, 1.165) is 12.8 Å². The number of hydrogen-bond donors (Lipinski definition) is 1.